The topological polar surface area (TPSA) is 77.9 Å². The average Bonchev–Trinajstić information content (AvgIpc) is 3.13. The fourth-order valence-electron chi connectivity index (χ4n) is 3.69. The highest BCUT2D eigenvalue weighted by atomic mass is 19.1. The second kappa shape index (κ2) is 9.77. The maximum Gasteiger partial charge on any atom is 0.224 e. The van der Waals surface area contributed by atoms with Gasteiger partial charge in [0.25, 0.3) is 0 Å². The molecule has 0 heterocycles. The standard InChI is InChI=1S/C26H21FN4O/c27-23-10-11-24-21(12-18-6-8-20(9-7-18)17-30-31-28)13-22(25(24)15-23)14-26(32)29-16-19-4-2-1-3-5-19/h1-13,15H,14,16-17H2,(H,29,32). The predicted molar refractivity (Wildman–Crippen MR) is 124 cm³/mol. The van der Waals surface area contributed by atoms with Crippen LogP contribution >= 0.6 is 0 Å². The molecule has 0 aliphatic heterocycles. The van der Waals surface area contributed by atoms with E-state index in [-0.39, 0.29) is 18.1 Å². The van der Waals surface area contributed by atoms with Crippen LogP contribution in [0, 0.1) is 5.82 Å². The number of halogens is 1. The van der Waals surface area contributed by atoms with Gasteiger partial charge >= 0.3 is 0 Å². The number of nitrogens with one attached hydrogen (secondary N) is 1. The van der Waals surface area contributed by atoms with Gasteiger partial charge in [-0.2, -0.15) is 0 Å². The Morgan fingerprint density at radius 2 is 1.78 bits per heavy atom. The van der Waals surface area contributed by atoms with Gasteiger partial charge < -0.3 is 5.32 Å². The lowest BCUT2D eigenvalue weighted by Crippen LogP contribution is -2.22. The van der Waals surface area contributed by atoms with Crippen molar-refractivity contribution in [3.8, 4) is 0 Å². The number of carbonyl (C=O) groups is 1. The van der Waals surface area contributed by atoms with Crippen LogP contribution in [-0.4, -0.2) is 5.91 Å². The molecule has 1 N–H and O–H groups in total. The van der Waals surface area contributed by atoms with Crippen LogP contribution in [0.3, 0.4) is 0 Å². The molecule has 0 spiro atoms. The molecule has 3 aromatic rings. The van der Waals surface area contributed by atoms with Crippen LogP contribution in [-0.2, 0) is 17.9 Å². The number of allylic oxidation sites excluding steroid dienone is 2. The van der Waals surface area contributed by atoms with Gasteiger partial charge in [-0.05, 0) is 68.8 Å². The number of hydrogen-bond donors (Lipinski definition) is 1. The maximum absolute atomic E-state index is 14.0. The van der Waals surface area contributed by atoms with Crippen LogP contribution in [0.2, 0.25) is 0 Å². The van der Waals surface area contributed by atoms with E-state index in [9.17, 15) is 9.18 Å². The van der Waals surface area contributed by atoms with Gasteiger partial charge in [-0.3, -0.25) is 4.79 Å². The number of amides is 1. The number of fused-ring (bicyclic) bond motifs is 1. The third-order valence-electron chi connectivity index (χ3n) is 5.27. The number of hydrogen-bond acceptors (Lipinski definition) is 2. The molecular weight excluding hydrogens is 403 g/mol. The molecule has 0 saturated heterocycles. The fraction of sp³-hybridized carbons (Fsp3) is 0.115. The van der Waals surface area contributed by atoms with Crippen molar-refractivity contribution in [1.82, 2.24) is 5.32 Å². The first-order valence-electron chi connectivity index (χ1n) is 10.3. The Hall–Kier alpha value is -4.15. The van der Waals surface area contributed by atoms with Gasteiger partial charge in [-0.25, -0.2) is 4.39 Å². The summed E-state index contributed by atoms with van der Waals surface area (Å²) in [4.78, 5) is 15.3. The molecule has 0 bridgehead atoms. The summed E-state index contributed by atoms with van der Waals surface area (Å²) in [7, 11) is 0. The summed E-state index contributed by atoms with van der Waals surface area (Å²) in [6.45, 7) is 0.755. The molecule has 32 heavy (non-hydrogen) atoms. The highest BCUT2D eigenvalue weighted by Gasteiger charge is 2.21. The Kier molecular flexibility index (Phi) is 6.44. The van der Waals surface area contributed by atoms with Crippen molar-refractivity contribution in [2.75, 3.05) is 0 Å². The molecular formula is C26H21FN4O. The molecule has 1 amide bonds. The summed E-state index contributed by atoms with van der Waals surface area (Å²) in [5, 5.41) is 6.50. The summed E-state index contributed by atoms with van der Waals surface area (Å²) in [5.74, 6) is -0.443. The quantitative estimate of drug-likeness (QED) is 0.270. The van der Waals surface area contributed by atoms with E-state index in [1.807, 2.05) is 66.7 Å². The van der Waals surface area contributed by atoms with Crippen molar-refractivity contribution in [1.29, 1.82) is 0 Å². The van der Waals surface area contributed by atoms with Gasteiger partial charge in [0, 0.05) is 11.5 Å². The van der Waals surface area contributed by atoms with Crippen molar-refractivity contribution in [2.24, 2.45) is 5.11 Å². The van der Waals surface area contributed by atoms with E-state index in [0.29, 0.717) is 13.1 Å². The summed E-state index contributed by atoms with van der Waals surface area (Å²) in [6.07, 6.45) is 4.12. The van der Waals surface area contributed by atoms with Crippen molar-refractivity contribution >= 4 is 23.1 Å². The minimum atomic E-state index is -0.331. The monoisotopic (exact) mass is 424 g/mol. The second-order valence-electron chi connectivity index (χ2n) is 7.53. The molecule has 0 aromatic heterocycles. The fourth-order valence-corrected chi connectivity index (χ4v) is 3.69. The zero-order valence-corrected chi connectivity index (χ0v) is 17.3. The summed E-state index contributed by atoms with van der Waals surface area (Å²) < 4.78 is 14.0. The first-order valence-corrected chi connectivity index (χ1v) is 10.3. The van der Waals surface area contributed by atoms with Crippen molar-refractivity contribution in [2.45, 2.75) is 19.5 Å². The number of benzene rings is 3. The number of azide groups is 1. The van der Waals surface area contributed by atoms with Crippen molar-refractivity contribution in [3.63, 3.8) is 0 Å². The van der Waals surface area contributed by atoms with Gasteiger partial charge in [0.1, 0.15) is 5.82 Å². The lowest BCUT2D eigenvalue weighted by Gasteiger charge is -2.08. The van der Waals surface area contributed by atoms with Crippen LogP contribution in [0.5, 0.6) is 0 Å². The van der Waals surface area contributed by atoms with Crippen molar-refractivity contribution < 1.29 is 9.18 Å². The number of rotatable bonds is 7. The van der Waals surface area contributed by atoms with E-state index in [2.05, 4.69) is 15.3 Å². The molecule has 4 rings (SSSR count). The first kappa shape index (κ1) is 21.1. The van der Waals surface area contributed by atoms with E-state index in [1.165, 1.54) is 12.1 Å². The Labute approximate surface area is 185 Å². The first-order chi connectivity index (χ1) is 15.6. The van der Waals surface area contributed by atoms with Crippen LogP contribution < -0.4 is 5.32 Å². The van der Waals surface area contributed by atoms with E-state index >= 15 is 0 Å². The average molecular weight is 424 g/mol. The predicted octanol–water partition coefficient (Wildman–Crippen LogP) is 6.28. The van der Waals surface area contributed by atoms with Crippen LogP contribution in [0.4, 0.5) is 4.39 Å². The Morgan fingerprint density at radius 3 is 2.53 bits per heavy atom. The number of nitrogens with zero attached hydrogens (tertiary/aromatic N) is 3. The smallest absolute Gasteiger partial charge is 0.224 e. The second-order valence-corrected chi connectivity index (χ2v) is 7.53. The molecule has 158 valence electrons. The number of carbonyl (C=O) groups excluding carboxylic acids is 1. The maximum atomic E-state index is 14.0. The van der Waals surface area contributed by atoms with E-state index < -0.39 is 0 Å². The molecule has 0 atom stereocenters. The van der Waals surface area contributed by atoms with E-state index in [1.54, 1.807) is 6.07 Å². The third-order valence-corrected chi connectivity index (χ3v) is 5.27. The van der Waals surface area contributed by atoms with Crippen LogP contribution in [0.15, 0.2) is 84.0 Å². The molecule has 3 aromatic carbocycles. The molecule has 6 heteroatoms. The zero-order chi connectivity index (χ0) is 22.3. The van der Waals surface area contributed by atoms with Gasteiger partial charge in [0.05, 0.1) is 13.0 Å². The minimum absolute atomic E-state index is 0.112. The summed E-state index contributed by atoms with van der Waals surface area (Å²) in [6, 6.07) is 22.1. The molecule has 1 aliphatic carbocycles. The molecule has 1 aliphatic rings. The Morgan fingerprint density at radius 1 is 1.00 bits per heavy atom. The van der Waals surface area contributed by atoms with E-state index in [4.69, 9.17) is 5.53 Å². The summed E-state index contributed by atoms with van der Waals surface area (Å²) in [5.41, 5.74) is 14.7. The molecule has 0 fully saturated rings. The Bertz CT molecular complexity index is 1240. The van der Waals surface area contributed by atoms with Gasteiger partial charge in [-0.1, -0.05) is 65.8 Å². The van der Waals surface area contributed by atoms with Gasteiger partial charge in [0.2, 0.25) is 5.91 Å². The lowest BCUT2D eigenvalue weighted by atomic mass is 10.0. The molecule has 0 saturated carbocycles. The SMILES string of the molecule is [N-]=[N+]=NCc1ccc(C=C2C=C(CC(=O)NCc3ccccc3)c3cc(F)ccc32)cc1. The Balaban J connectivity index is 1.54. The van der Waals surface area contributed by atoms with Crippen LogP contribution in [0.25, 0.3) is 27.7 Å². The normalized spacial score (nSPS) is 13.3. The molecule has 5 nitrogen and oxygen atoms in total. The highest BCUT2D eigenvalue weighted by Crippen LogP contribution is 2.38. The van der Waals surface area contributed by atoms with E-state index in [0.717, 1.165) is 39.0 Å². The highest BCUT2D eigenvalue weighted by molar-refractivity contribution is 6.05. The summed E-state index contributed by atoms with van der Waals surface area (Å²) >= 11 is 0. The van der Waals surface area contributed by atoms with Gasteiger partial charge in [0.15, 0.2) is 0 Å². The molecule has 0 unspecified atom stereocenters. The van der Waals surface area contributed by atoms with Crippen molar-refractivity contribution in [3.05, 3.63) is 123 Å². The third kappa shape index (κ3) is 5.12. The minimum Gasteiger partial charge on any atom is -0.352 e. The molecule has 0 radical (unpaired) electrons. The lowest BCUT2D eigenvalue weighted by molar-refractivity contribution is -0.120. The van der Waals surface area contributed by atoms with Gasteiger partial charge in [-0.15, -0.1) is 0 Å². The largest absolute Gasteiger partial charge is 0.352 e. The zero-order valence-electron chi connectivity index (χ0n) is 17.3. The van der Waals surface area contributed by atoms with Crippen LogP contribution in [0.1, 0.15) is 34.2 Å².